The van der Waals surface area contributed by atoms with Crippen molar-refractivity contribution in [1.82, 2.24) is 5.32 Å². The zero-order valence-electron chi connectivity index (χ0n) is 4.22. The average molecular weight is 117 g/mol. The van der Waals surface area contributed by atoms with Gasteiger partial charge in [0.25, 0.3) is 0 Å². The molecule has 1 saturated heterocycles. The van der Waals surface area contributed by atoms with Gasteiger partial charge >= 0.3 is 5.97 Å². The molecule has 46 valence electrons. The maximum Gasteiger partial charge on any atom is 0.338 e. The number of hydrogen-bond donors (Lipinski definition) is 3. The first-order valence-electron chi connectivity index (χ1n) is 2.32. The second-order valence-corrected chi connectivity index (χ2v) is 1.94. The van der Waals surface area contributed by atoms with Gasteiger partial charge in [0.2, 0.25) is 0 Å². The summed E-state index contributed by atoms with van der Waals surface area (Å²) in [5.41, 5.74) is -1.47. The van der Waals surface area contributed by atoms with E-state index in [1.54, 1.807) is 0 Å². The third-order valence-corrected chi connectivity index (χ3v) is 1.23. The maximum atomic E-state index is 10.0. The molecule has 1 heterocycles. The Hall–Kier alpha value is -0.610. The van der Waals surface area contributed by atoms with Crippen LogP contribution < -0.4 is 5.32 Å². The molecule has 0 bridgehead atoms. The van der Waals surface area contributed by atoms with E-state index in [-0.39, 0.29) is 13.1 Å². The molecule has 3 N–H and O–H groups in total. The molecule has 4 heteroatoms. The second-order valence-electron chi connectivity index (χ2n) is 1.94. The van der Waals surface area contributed by atoms with Crippen molar-refractivity contribution in [3.63, 3.8) is 0 Å². The summed E-state index contributed by atoms with van der Waals surface area (Å²) in [6, 6.07) is 0. The molecule has 1 aliphatic rings. The van der Waals surface area contributed by atoms with Crippen LogP contribution in [0.25, 0.3) is 0 Å². The Morgan fingerprint density at radius 3 is 2.12 bits per heavy atom. The Balaban J connectivity index is 2.53. The number of nitrogens with one attached hydrogen (secondary N) is 1. The van der Waals surface area contributed by atoms with Crippen molar-refractivity contribution in [2.24, 2.45) is 0 Å². The van der Waals surface area contributed by atoms with E-state index in [2.05, 4.69) is 5.32 Å². The fraction of sp³-hybridized carbons (Fsp3) is 0.750. The molecule has 1 rings (SSSR count). The van der Waals surface area contributed by atoms with Crippen LogP contribution in [0.5, 0.6) is 0 Å². The van der Waals surface area contributed by atoms with Crippen molar-refractivity contribution < 1.29 is 15.0 Å². The largest absolute Gasteiger partial charge is 0.479 e. The molecule has 0 unspecified atom stereocenters. The monoisotopic (exact) mass is 117 g/mol. The lowest BCUT2D eigenvalue weighted by Gasteiger charge is -2.32. The van der Waals surface area contributed by atoms with Crippen LogP contribution >= 0.6 is 0 Å². The van der Waals surface area contributed by atoms with Crippen LogP contribution in [0.3, 0.4) is 0 Å². The second kappa shape index (κ2) is 1.43. The molecule has 0 aliphatic carbocycles. The van der Waals surface area contributed by atoms with Gasteiger partial charge in [-0.2, -0.15) is 0 Å². The summed E-state index contributed by atoms with van der Waals surface area (Å²) in [5, 5.41) is 19.7. The highest BCUT2D eigenvalue weighted by Crippen LogP contribution is 2.08. The predicted octanol–water partition coefficient (Wildman–Crippen LogP) is -1.59. The van der Waals surface area contributed by atoms with Crippen molar-refractivity contribution in [3.8, 4) is 0 Å². The van der Waals surface area contributed by atoms with Gasteiger partial charge in [0.05, 0.1) is 0 Å². The quantitative estimate of drug-likeness (QED) is 0.387. The lowest BCUT2D eigenvalue weighted by atomic mass is 9.98. The first-order chi connectivity index (χ1) is 3.65. The molecule has 8 heavy (non-hydrogen) atoms. The van der Waals surface area contributed by atoms with Gasteiger partial charge in [-0.15, -0.1) is 0 Å². The van der Waals surface area contributed by atoms with Crippen molar-refractivity contribution in [1.29, 1.82) is 0 Å². The lowest BCUT2D eigenvalue weighted by molar-refractivity contribution is -0.163. The highest BCUT2D eigenvalue weighted by atomic mass is 16.4. The minimum atomic E-state index is -1.47. The minimum absolute atomic E-state index is 0.169. The van der Waals surface area contributed by atoms with Gasteiger partial charge in [-0.3, -0.25) is 0 Å². The van der Waals surface area contributed by atoms with Crippen molar-refractivity contribution in [2.45, 2.75) is 5.60 Å². The van der Waals surface area contributed by atoms with Crippen molar-refractivity contribution in [3.05, 3.63) is 0 Å². The Morgan fingerprint density at radius 2 is 2.12 bits per heavy atom. The topological polar surface area (TPSA) is 69.6 Å². The number of aliphatic carboxylic acids is 1. The number of rotatable bonds is 1. The molecule has 0 spiro atoms. The fourth-order valence-electron chi connectivity index (χ4n) is 0.513. The molecule has 0 aromatic rings. The molecule has 0 aromatic carbocycles. The molecule has 1 fully saturated rings. The third kappa shape index (κ3) is 0.579. The number of carboxylic acids is 1. The number of β-amino-alcohol motifs (C(OH)–C–C–N with tert-alkyl or cyclic N) is 1. The summed E-state index contributed by atoms with van der Waals surface area (Å²) in [4.78, 5) is 10.0. The van der Waals surface area contributed by atoms with E-state index in [1.807, 2.05) is 0 Å². The highest BCUT2D eigenvalue weighted by molar-refractivity contribution is 5.79. The maximum absolute atomic E-state index is 10.0. The Kier molecular flexibility index (Phi) is 0.988. The van der Waals surface area contributed by atoms with Gasteiger partial charge in [0, 0.05) is 13.1 Å². The average Bonchev–Trinajstić information content (AvgIpc) is 1.60. The van der Waals surface area contributed by atoms with E-state index < -0.39 is 11.6 Å². The molecule has 1 aliphatic heterocycles. The summed E-state index contributed by atoms with van der Waals surface area (Å²) < 4.78 is 0. The summed E-state index contributed by atoms with van der Waals surface area (Å²) in [7, 11) is 0. The molecule has 4 nitrogen and oxygen atoms in total. The standard InChI is InChI=1S/C4H7NO3/c6-3(7)4(8)1-5-2-4/h5,8H,1-2H2,(H,6,7). The molecular weight excluding hydrogens is 110 g/mol. The van der Waals surface area contributed by atoms with E-state index in [0.29, 0.717) is 0 Å². The fourth-order valence-corrected chi connectivity index (χ4v) is 0.513. The zero-order valence-corrected chi connectivity index (χ0v) is 4.22. The van der Waals surface area contributed by atoms with Crippen molar-refractivity contribution >= 4 is 5.97 Å². The highest BCUT2D eigenvalue weighted by Gasteiger charge is 2.42. The van der Waals surface area contributed by atoms with E-state index in [0.717, 1.165) is 0 Å². The predicted molar refractivity (Wildman–Crippen MR) is 25.5 cm³/mol. The van der Waals surface area contributed by atoms with Gasteiger partial charge in [-0.1, -0.05) is 0 Å². The SMILES string of the molecule is O=C(O)C1(O)CNC1. The van der Waals surface area contributed by atoms with E-state index in [4.69, 9.17) is 10.2 Å². The molecule has 0 aromatic heterocycles. The number of aliphatic hydroxyl groups is 1. The van der Waals surface area contributed by atoms with Gasteiger partial charge in [-0.05, 0) is 0 Å². The third-order valence-electron chi connectivity index (χ3n) is 1.23. The Bertz CT molecular complexity index is 118. The van der Waals surface area contributed by atoms with Crippen LogP contribution in [0.1, 0.15) is 0 Å². The molecule has 0 saturated carbocycles. The van der Waals surface area contributed by atoms with Crippen LogP contribution in [0, 0.1) is 0 Å². The normalized spacial score (nSPS) is 24.1. The Labute approximate surface area is 46.1 Å². The lowest BCUT2D eigenvalue weighted by Crippen LogP contribution is -2.64. The van der Waals surface area contributed by atoms with Crippen LogP contribution in [-0.4, -0.2) is 34.9 Å². The number of carbonyl (C=O) groups is 1. The first-order valence-corrected chi connectivity index (χ1v) is 2.32. The van der Waals surface area contributed by atoms with Gasteiger partial charge < -0.3 is 15.5 Å². The van der Waals surface area contributed by atoms with E-state index in [1.165, 1.54) is 0 Å². The van der Waals surface area contributed by atoms with Gasteiger partial charge in [0.15, 0.2) is 5.60 Å². The van der Waals surface area contributed by atoms with Crippen LogP contribution in [0.15, 0.2) is 0 Å². The van der Waals surface area contributed by atoms with Crippen molar-refractivity contribution in [2.75, 3.05) is 13.1 Å². The first kappa shape index (κ1) is 5.53. The molecular formula is C4H7NO3. The minimum Gasteiger partial charge on any atom is -0.479 e. The molecule has 0 atom stereocenters. The number of hydrogen-bond acceptors (Lipinski definition) is 3. The van der Waals surface area contributed by atoms with E-state index in [9.17, 15) is 4.79 Å². The summed E-state index contributed by atoms with van der Waals surface area (Å²) in [6.45, 7) is 0.338. The summed E-state index contributed by atoms with van der Waals surface area (Å²) in [5.74, 6) is -1.14. The molecule has 0 radical (unpaired) electrons. The van der Waals surface area contributed by atoms with E-state index >= 15 is 0 Å². The van der Waals surface area contributed by atoms with Crippen LogP contribution in [0.2, 0.25) is 0 Å². The van der Waals surface area contributed by atoms with Crippen LogP contribution in [-0.2, 0) is 4.79 Å². The summed E-state index contributed by atoms with van der Waals surface area (Å²) in [6.07, 6.45) is 0. The van der Waals surface area contributed by atoms with Crippen LogP contribution in [0.4, 0.5) is 0 Å². The van der Waals surface area contributed by atoms with Gasteiger partial charge in [-0.25, -0.2) is 4.79 Å². The summed E-state index contributed by atoms with van der Waals surface area (Å²) >= 11 is 0. The Morgan fingerprint density at radius 1 is 1.62 bits per heavy atom. The zero-order chi connectivity index (χ0) is 6.20. The number of carboxylic acid groups (broad SMARTS) is 1. The smallest absolute Gasteiger partial charge is 0.338 e. The molecule has 0 amide bonds. The van der Waals surface area contributed by atoms with Gasteiger partial charge in [0.1, 0.15) is 0 Å².